The Morgan fingerprint density at radius 1 is 1.20 bits per heavy atom. The number of halogens is 2. The fraction of sp³-hybridized carbons (Fsp3) is 0.111. The molecule has 0 spiro atoms. The number of carbonyl (C=O) groups excluding carboxylic acids is 1. The van der Waals surface area contributed by atoms with Gasteiger partial charge in [0.2, 0.25) is 0 Å². The van der Waals surface area contributed by atoms with Gasteiger partial charge in [0, 0.05) is 28.4 Å². The van der Waals surface area contributed by atoms with Crippen molar-refractivity contribution < 1.29 is 9.53 Å². The predicted octanol–water partition coefficient (Wildman–Crippen LogP) is 4.70. The summed E-state index contributed by atoms with van der Waals surface area (Å²) in [6, 6.07) is 14.9. The van der Waals surface area contributed by atoms with Crippen LogP contribution in [-0.2, 0) is 11.3 Å². The Balaban J connectivity index is 1.86. The van der Waals surface area contributed by atoms with Gasteiger partial charge in [0.15, 0.2) is 0 Å². The van der Waals surface area contributed by atoms with E-state index in [9.17, 15) is 4.79 Å². The molecule has 0 aliphatic carbocycles. The summed E-state index contributed by atoms with van der Waals surface area (Å²) >= 11 is 12.2. The second-order valence-electron chi connectivity index (χ2n) is 5.28. The number of carbonyl (C=O) groups is 1. The van der Waals surface area contributed by atoms with E-state index in [1.165, 1.54) is 7.11 Å². The molecule has 1 amide bonds. The van der Waals surface area contributed by atoms with Crippen LogP contribution in [0, 0.1) is 0 Å². The molecular formula is C18H15Cl2N3O2. The molecule has 5 nitrogen and oxygen atoms in total. The number of methoxy groups -OCH3 is 1. The molecule has 1 heterocycles. The molecular weight excluding hydrogens is 361 g/mol. The van der Waals surface area contributed by atoms with E-state index in [0.717, 1.165) is 22.5 Å². The second-order valence-corrected chi connectivity index (χ2v) is 6.12. The lowest BCUT2D eigenvalue weighted by Crippen LogP contribution is -2.22. The van der Waals surface area contributed by atoms with Crippen molar-refractivity contribution in [2.75, 3.05) is 7.11 Å². The van der Waals surface area contributed by atoms with Gasteiger partial charge in [0.1, 0.15) is 0 Å². The molecule has 2 aromatic carbocycles. The second kappa shape index (κ2) is 7.59. The largest absolute Gasteiger partial charge is 0.453 e. The summed E-state index contributed by atoms with van der Waals surface area (Å²) in [5, 5.41) is 8.41. The molecule has 1 N–H and O–H groups in total. The molecule has 3 rings (SSSR count). The quantitative estimate of drug-likeness (QED) is 0.718. The van der Waals surface area contributed by atoms with Crippen molar-refractivity contribution in [1.29, 1.82) is 0 Å². The molecule has 128 valence electrons. The highest BCUT2D eigenvalue weighted by atomic mass is 35.5. The zero-order chi connectivity index (χ0) is 17.8. The molecule has 0 unspecified atom stereocenters. The normalized spacial score (nSPS) is 10.5. The molecule has 0 aliphatic heterocycles. The van der Waals surface area contributed by atoms with E-state index in [0.29, 0.717) is 10.0 Å². The summed E-state index contributed by atoms with van der Waals surface area (Å²) in [5.74, 6) is 0. The van der Waals surface area contributed by atoms with Crippen LogP contribution in [-0.4, -0.2) is 23.0 Å². The monoisotopic (exact) mass is 375 g/mol. The van der Waals surface area contributed by atoms with Crippen LogP contribution in [0.15, 0.2) is 54.7 Å². The first-order valence-electron chi connectivity index (χ1n) is 7.49. The van der Waals surface area contributed by atoms with Crippen LogP contribution in [0.1, 0.15) is 5.56 Å². The van der Waals surface area contributed by atoms with Gasteiger partial charge in [-0.15, -0.1) is 0 Å². The highest BCUT2D eigenvalue weighted by molar-refractivity contribution is 6.31. The molecule has 0 saturated carbocycles. The number of hydrogen-bond acceptors (Lipinski definition) is 3. The van der Waals surface area contributed by atoms with Gasteiger partial charge in [0.25, 0.3) is 0 Å². The third-order valence-electron chi connectivity index (χ3n) is 3.61. The van der Waals surface area contributed by atoms with Crippen molar-refractivity contribution in [3.63, 3.8) is 0 Å². The van der Waals surface area contributed by atoms with Gasteiger partial charge in [-0.2, -0.15) is 5.10 Å². The Morgan fingerprint density at radius 2 is 2.04 bits per heavy atom. The minimum atomic E-state index is -0.510. The zero-order valence-corrected chi connectivity index (χ0v) is 14.9. The van der Waals surface area contributed by atoms with Crippen molar-refractivity contribution in [2.45, 2.75) is 6.54 Å². The van der Waals surface area contributed by atoms with Crippen molar-refractivity contribution in [2.24, 2.45) is 0 Å². The van der Waals surface area contributed by atoms with Crippen LogP contribution in [0.4, 0.5) is 4.79 Å². The maximum absolute atomic E-state index is 11.2. The molecule has 0 aliphatic rings. The molecule has 0 saturated heterocycles. The number of alkyl carbamates (subject to hydrolysis) is 1. The number of amides is 1. The van der Waals surface area contributed by atoms with E-state index in [-0.39, 0.29) is 6.54 Å². The Labute approximate surface area is 155 Å². The maximum atomic E-state index is 11.2. The fourth-order valence-electron chi connectivity index (χ4n) is 2.35. The van der Waals surface area contributed by atoms with Gasteiger partial charge in [-0.3, -0.25) is 0 Å². The first-order chi connectivity index (χ1) is 12.1. The number of rotatable bonds is 4. The Bertz CT molecular complexity index is 909. The van der Waals surface area contributed by atoms with E-state index >= 15 is 0 Å². The zero-order valence-electron chi connectivity index (χ0n) is 13.4. The van der Waals surface area contributed by atoms with Crippen LogP contribution in [0.5, 0.6) is 0 Å². The van der Waals surface area contributed by atoms with E-state index in [2.05, 4.69) is 15.2 Å². The van der Waals surface area contributed by atoms with Crippen molar-refractivity contribution in [1.82, 2.24) is 15.1 Å². The van der Waals surface area contributed by atoms with E-state index < -0.39 is 6.09 Å². The lowest BCUT2D eigenvalue weighted by molar-refractivity contribution is 0.170. The minimum Gasteiger partial charge on any atom is -0.453 e. The summed E-state index contributed by atoms with van der Waals surface area (Å²) in [6.45, 7) is 0.266. The number of ether oxygens (including phenoxy) is 1. The fourth-order valence-corrected chi connectivity index (χ4v) is 2.72. The number of aromatic nitrogens is 2. The van der Waals surface area contributed by atoms with Crippen molar-refractivity contribution in [3.8, 4) is 16.9 Å². The van der Waals surface area contributed by atoms with Gasteiger partial charge < -0.3 is 10.1 Å². The SMILES string of the molecule is COC(=O)NCc1cc(-n2ccc(-c3cccc(Cl)c3)n2)ccc1Cl. The summed E-state index contributed by atoms with van der Waals surface area (Å²) < 4.78 is 6.31. The van der Waals surface area contributed by atoms with Crippen LogP contribution >= 0.6 is 23.2 Å². The highest BCUT2D eigenvalue weighted by Gasteiger charge is 2.08. The molecule has 0 atom stereocenters. The lowest BCUT2D eigenvalue weighted by atomic mass is 10.2. The highest BCUT2D eigenvalue weighted by Crippen LogP contribution is 2.24. The molecule has 7 heteroatoms. The Kier molecular flexibility index (Phi) is 5.26. The molecule has 0 radical (unpaired) electrons. The molecule has 25 heavy (non-hydrogen) atoms. The predicted molar refractivity (Wildman–Crippen MR) is 98.3 cm³/mol. The lowest BCUT2D eigenvalue weighted by Gasteiger charge is -2.09. The smallest absolute Gasteiger partial charge is 0.407 e. The molecule has 0 fully saturated rings. The first kappa shape index (κ1) is 17.3. The summed E-state index contributed by atoms with van der Waals surface area (Å²) in [4.78, 5) is 11.2. The first-order valence-corrected chi connectivity index (χ1v) is 8.24. The van der Waals surface area contributed by atoms with Gasteiger partial charge in [-0.1, -0.05) is 35.3 Å². The summed E-state index contributed by atoms with van der Waals surface area (Å²) in [5.41, 5.74) is 3.35. The third-order valence-corrected chi connectivity index (χ3v) is 4.22. The Morgan fingerprint density at radius 3 is 2.80 bits per heavy atom. The Hall–Kier alpha value is -2.50. The van der Waals surface area contributed by atoms with Crippen molar-refractivity contribution >= 4 is 29.3 Å². The average Bonchev–Trinajstić information content (AvgIpc) is 3.11. The van der Waals surface area contributed by atoms with Crippen LogP contribution in [0.2, 0.25) is 10.0 Å². The molecule has 3 aromatic rings. The minimum absolute atomic E-state index is 0.266. The standard InChI is InChI=1S/C18H15Cl2N3O2/c1-25-18(24)21-11-13-10-15(5-6-16(13)20)23-8-7-17(22-23)12-3-2-4-14(19)9-12/h2-10H,11H2,1H3,(H,21,24). The molecule has 0 bridgehead atoms. The maximum Gasteiger partial charge on any atom is 0.407 e. The van der Waals surface area contributed by atoms with E-state index in [4.69, 9.17) is 23.2 Å². The third kappa shape index (κ3) is 4.13. The van der Waals surface area contributed by atoms with E-state index in [1.807, 2.05) is 48.7 Å². The van der Waals surface area contributed by atoms with Crippen LogP contribution in [0.3, 0.4) is 0 Å². The summed E-state index contributed by atoms with van der Waals surface area (Å²) in [7, 11) is 1.31. The topological polar surface area (TPSA) is 56.1 Å². The van der Waals surface area contributed by atoms with E-state index in [1.54, 1.807) is 10.7 Å². The average molecular weight is 376 g/mol. The van der Waals surface area contributed by atoms with Gasteiger partial charge in [-0.05, 0) is 42.0 Å². The van der Waals surface area contributed by atoms with Gasteiger partial charge >= 0.3 is 6.09 Å². The van der Waals surface area contributed by atoms with Crippen molar-refractivity contribution in [3.05, 3.63) is 70.3 Å². The number of hydrogen-bond donors (Lipinski definition) is 1. The van der Waals surface area contributed by atoms with Crippen LogP contribution < -0.4 is 5.32 Å². The number of nitrogens with zero attached hydrogens (tertiary/aromatic N) is 2. The molecule has 1 aromatic heterocycles. The van der Waals surface area contributed by atoms with Crippen LogP contribution in [0.25, 0.3) is 16.9 Å². The van der Waals surface area contributed by atoms with Gasteiger partial charge in [-0.25, -0.2) is 9.48 Å². The number of benzene rings is 2. The number of nitrogens with one attached hydrogen (secondary N) is 1. The summed E-state index contributed by atoms with van der Waals surface area (Å²) in [6.07, 6.45) is 1.35. The van der Waals surface area contributed by atoms with Gasteiger partial charge in [0.05, 0.1) is 18.5 Å².